The van der Waals surface area contributed by atoms with Gasteiger partial charge >= 0.3 is 45.6 Å². The van der Waals surface area contributed by atoms with E-state index in [-0.39, 0.29) is 25.4 Å². The van der Waals surface area contributed by atoms with E-state index < -0.39 is 88.8 Å². The van der Waals surface area contributed by atoms with Crippen LogP contribution in [0.5, 0.6) is 17.2 Å². The van der Waals surface area contributed by atoms with Gasteiger partial charge in [-0.2, -0.15) is 0 Å². The van der Waals surface area contributed by atoms with E-state index in [2.05, 4.69) is 0 Å². The van der Waals surface area contributed by atoms with Crippen molar-refractivity contribution in [2.75, 3.05) is 44.9 Å². The second-order valence-corrected chi connectivity index (χ2v) is 22.5. The van der Waals surface area contributed by atoms with E-state index in [1.807, 2.05) is 0 Å². The SMILES string of the molecule is O=P(O)(O)C(O)(CCOc1ccccc1)P(=O)(O)O.O=P(O)(O)CN(CCOc1ccccc1)CP(=O)(O)O.O=P(O)(O)CN(Cc1ccc(O)cc1)CP(=O)(O)O. The van der Waals surface area contributed by atoms with Gasteiger partial charge in [-0.05, 0) is 42.0 Å². The third-order valence-electron chi connectivity index (χ3n) is 6.68. The Labute approximate surface area is 331 Å². The molecular weight excluding hydrogens is 902 g/mol. The summed E-state index contributed by atoms with van der Waals surface area (Å²) in [5, 5.41) is 15.2. The number of phenolic OH excluding ortho intramolecular Hbond substituents is 1. The highest BCUT2D eigenvalue weighted by Gasteiger charge is 2.59. The number of benzene rings is 3. The lowest BCUT2D eigenvalue weighted by Gasteiger charge is -2.28. The van der Waals surface area contributed by atoms with Crippen LogP contribution in [0.15, 0.2) is 84.9 Å². The smallest absolute Gasteiger partial charge is 0.369 e. The summed E-state index contributed by atoms with van der Waals surface area (Å²) in [6.07, 6.45) is -3.86. The Morgan fingerprint density at radius 2 is 0.828 bits per heavy atom. The second-order valence-electron chi connectivity index (χ2n) is 12.0. The lowest BCUT2D eigenvalue weighted by atomic mass is 10.2. The highest BCUT2D eigenvalue weighted by molar-refractivity contribution is 7.72. The Morgan fingerprint density at radius 1 is 0.483 bits per heavy atom. The first kappa shape index (κ1) is 53.9. The average Bonchev–Trinajstić information content (AvgIpc) is 3.03. The van der Waals surface area contributed by atoms with Crippen molar-refractivity contribution < 1.29 is 106 Å². The molecule has 0 aliphatic carbocycles. The Kier molecular flexibility index (Phi) is 21.5. The van der Waals surface area contributed by atoms with Crippen molar-refractivity contribution in [3.05, 3.63) is 90.5 Å². The normalized spacial score (nSPS) is 12.9. The van der Waals surface area contributed by atoms with Crippen molar-refractivity contribution in [2.45, 2.75) is 18.0 Å². The molecule has 3 rings (SSSR count). The molecule has 0 unspecified atom stereocenters. The van der Waals surface area contributed by atoms with Crippen LogP contribution in [0.4, 0.5) is 0 Å². The molecule has 0 aliphatic heterocycles. The molecule has 0 saturated heterocycles. The molecule has 3 aromatic carbocycles. The first-order valence-electron chi connectivity index (χ1n) is 15.9. The van der Waals surface area contributed by atoms with E-state index in [1.165, 1.54) is 24.3 Å². The molecule has 14 N–H and O–H groups in total. The van der Waals surface area contributed by atoms with Crippen molar-refractivity contribution in [1.29, 1.82) is 0 Å². The number of nitrogens with zero attached hydrogens (tertiary/aromatic N) is 2. The van der Waals surface area contributed by atoms with Crippen LogP contribution < -0.4 is 9.47 Å². The predicted molar refractivity (Wildman–Crippen MR) is 206 cm³/mol. The molecule has 0 spiro atoms. The van der Waals surface area contributed by atoms with Crippen molar-refractivity contribution >= 4 is 45.6 Å². The van der Waals surface area contributed by atoms with Crippen LogP contribution in [0.3, 0.4) is 0 Å². The van der Waals surface area contributed by atoms with Gasteiger partial charge in [0.1, 0.15) is 49.0 Å². The van der Waals surface area contributed by atoms with Crippen molar-refractivity contribution in [3.8, 4) is 17.2 Å². The molecule has 0 heterocycles. The van der Waals surface area contributed by atoms with Gasteiger partial charge in [0.15, 0.2) is 0 Å². The van der Waals surface area contributed by atoms with Gasteiger partial charge in [0.05, 0.1) is 6.61 Å². The standard InChI is InChI=1S/C10H17NO7P2.C9H15NO7P2.C9H14O8P2/c12-19(13,14)8-11(9-20(15,16)17)6-7-18-10-4-2-1-3-5-10;11-9-3-1-8(2-4-9)5-10(6-18(12,13)14)7-19(15,16)17;10-9(18(11,12)13,19(14,15)16)6-7-17-8-4-2-1-3-5-8/h1-5H,6-9H2,(H2,12,13,14)(H2,15,16,17);1-4,11H,5-7H2,(H2,12,13,14)(H2,15,16,17);1-5,10H,6-7H2,(H2,11,12,13)(H2,14,15,16). The minimum atomic E-state index is -5.42. The van der Waals surface area contributed by atoms with Crippen molar-refractivity contribution in [1.82, 2.24) is 9.80 Å². The Hall–Kier alpha value is -2.16. The van der Waals surface area contributed by atoms with Gasteiger partial charge in [0.2, 0.25) is 0 Å². The van der Waals surface area contributed by atoms with Gasteiger partial charge < -0.3 is 78.4 Å². The molecule has 330 valence electrons. The average molecular weight is 949 g/mol. The van der Waals surface area contributed by atoms with Crippen LogP contribution in [0, 0.1) is 0 Å². The van der Waals surface area contributed by atoms with Gasteiger partial charge in [0.25, 0.3) is 5.08 Å². The second kappa shape index (κ2) is 23.2. The third-order valence-corrected chi connectivity index (χ3v) is 13.6. The number of phenols is 1. The summed E-state index contributed by atoms with van der Waals surface area (Å²) in [7, 11) is -28.5. The van der Waals surface area contributed by atoms with Crippen molar-refractivity contribution in [3.63, 3.8) is 0 Å². The largest absolute Gasteiger partial charge is 0.508 e. The predicted octanol–water partition coefficient (Wildman–Crippen LogP) is 1.56. The number of hydrogen-bond acceptors (Lipinski definition) is 12. The maximum absolute atomic E-state index is 11.0. The number of aromatic hydroxyl groups is 1. The summed E-state index contributed by atoms with van der Waals surface area (Å²) in [5.74, 6) is 0.946. The fraction of sp³-hybridized carbons (Fsp3) is 0.357. The van der Waals surface area contributed by atoms with Crippen LogP contribution in [0.25, 0.3) is 0 Å². The van der Waals surface area contributed by atoms with E-state index in [4.69, 9.17) is 73.3 Å². The zero-order chi connectivity index (χ0) is 44.6. The summed E-state index contributed by atoms with van der Waals surface area (Å²) < 4.78 is 76.1. The number of aliphatic hydroxyl groups is 1. The lowest BCUT2D eigenvalue weighted by molar-refractivity contribution is 0.106. The molecule has 24 nitrogen and oxygen atoms in total. The zero-order valence-corrected chi connectivity index (χ0v) is 35.4. The Bertz CT molecular complexity index is 1890. The lowest BCUT2D eigenvalue weighted by Crippen LogP contribution is -2.30. The molecule has 0 aromatic heterocycles. The monoisotopic (exact) mass is 948 g/mol. The van der Waals surface area contributed by atoms with Gasteiger partial charge in [-0.25, -0.2) is 0 Å². The zero-order valence-electron chi connectivity index (χ0n) is 30.1. The first-order chi connectivity index (χ1) is 26.3. The Morgan fingerprint density at radius 3 is 1.17 bits per heavy atom. The number of rotatable bonds is 20. The molecule has 0 atom stereocenters. The molecule has 30 heteroatoms. The quantitative estimate of drug-likeness (QED) is 0.0715. The van der Waals surface area contributed by atoms with Crippen molar-refractivity contribution in [2.24, 2.45) is 0 Å². The first-order valence-corrected chi connectivity index (χ1v) is 26.3. The maximum Gasteiger partial charge on any atom is 0.369 e. The van der Waals surface area contributed by atoms with E-state index in [9.17, 15) is 32.5 Å². The van der Waals surface area contributed by atoms with Gasteiger partial charge in [-0.3, -0.25) is 37.2 Å². The molecule has 3 aromatic rings. The summed E-state index contributed by atoms with van der Waals surface area (Å²) in [6, 6.07) is 22.6. The van der Waals surface area contributed by atoms with Gasteiger partial charge in [-0.15, -0.1) is 0 Å². The molecular formula is C28H46N2O22P6. The van der Waals surface area contributed by atoms with Crippen LogP contribution in [-0.4, -0.2) is 129 Å². The number of hydrogen-bond donors (Lipinski definition) is 14. The van der Waals surface area contributed by atoms with E-state index >= 15 is 0 Å². The highest BCUT2D eigenvalue weighted by atomic mass is 31.2. The van der Waals surface area contributed by atoms with Crippen LogP contribution >= 0.6 is 45.6 Å². The van der Waals surface area contributed by atoms with Gasteiger partial charge in [0, 0.05) is 19.5 Å². The summed E-state index contributed by atoms with van der Waals surface area (Å²) in [6.45, 7) is -0.456. The van der Waals surface area contributed by atoms with E-state index in [0.29, 0.717) is 17.1 Å². The molecule has 0 aliphatic rings. The highest BCUT2D eigenvalue weighted by Crippen LogP contribution is 2.68. The van der Waals surface area contributed by atoms with Gasteiger partial charge in [-0.1, -0.05) is 48.5 Å². The van der Waals surface area contributed by atoms with E-state index in [0.717, 1.165) is 9.80 Å². The number of para-hydroxylation sites is 2. The molecule has 0 radical (unpaired) electrons. The third kappa shape index (κ3) is 24.2. The Balaban J connectivity index is 0.000000435. The minimum Gasteiger partial charge on any atom is -0.508 e. The molecule has 0 saturated carbocycles. The van der Waals surface area contributed by atoms with Crippen LogP contribution in [0.2, 0.25) is 0 Å². The summed E-state index contributed by atoms with van der Waals surface area (Å²) >= 11 is 0. The molecule has 0 fully saturated rings. The van der Waals surface area contributed by atoms with E-state index in [1.54, 1.807) is 60.7 Å². The van der Waals surface area contributed by atoms with Crippen LogP contribution in [-0.2, 0) is 33.9 Å². The minimum absolute atomic E-state index is 0.00882. The number of ether oxygens (including phenoxy) is 2. The molecule has 58 heavy (non-hydrogen) atoms. The molecule has 0 amide bonds. The summed E-state index contributed by atoms with van der Waals surface area (Å²) in [4.78, 5) is 109. The summed E-state index contributed by atoms with van der Waals surface area (Å²) in [5.41, 5.74) is 0.569. The fourth-order valence-corrected chi connectivity index (χ4v) is 9.73. The fourth-order valence-electron chi connectivity index (χ4n) is 4.33. The topological polar surface area (TPSA) is 411 Å². The van der Waals surface area contributed by atoms with Crippen LogP contribution in [0.1, 0.15) is 12.0 Å². The maximum atomic E-state index is 11.0. The molecule has 0 bridgehead atoms.